The number of carbonyl (C=O) groups is 2. The first kappa shape index (κ1) is 18.2. The van der Waals surface area contributed by atoms with Gasteiger partial charge in [0.1, 0.15) is 17.7 Å². The Labute approximate surface area is 150 Å². The summed E-state index contributed by atoms with van der Waals surface area (Å²) in [6, 6.07) is 16.6. The van der Waals surface area contributed by atoms with Crippen molar-refractivity contribution in [3.05, 3.63) is 71.4 Å². The van der Waals surface area contributed by atoms with Crippen LogP contribution in [0.2, 0.25) is 0 Å². The van der Waals surface area contributed by atoms with E-state index in [1.165, 1.54) is 13.3 Å². The summed E-state index contributed by atoms with van der Waals surface area (Å²) in [5, 5.41) is 23.6. The average molecular weight is 346 g/mol. The van der Waals surface area contributed by atoms with Gasteiger partial charge in [-0.2, -0.15) is 10.5 Å². The molecule has 2 N–H and O–H groups in total. The van der Waals surface area contributed by atoms with Gasteiger partial charge in [-0.3, -0.25) is 4.79 Å². The monoisotopic (exact) mass is 346 g/mol. The molecule has 2 rings (SSSR count). The van der Waals surface area contributed by atoms with Crippen LogP contribution in [0.1, 0.15) is 15.9 Å². The Morgan fingerprint density at radius 3 is 2.38 bits per heavy atom. The van der Waals surface area contributed by atoms with Crippen LogP contribution < -0.4 is 10.6 Å². The van der Waals surface area contributed by atoms with Gasteiger partial charge in [0.05, 0.1) is 23.9 Å². The minimum atomic E-state index is -0.645. The van der Waals surface area contributed by atoms with E-state index in [2.05, 4.69) is 15.4 Å². The molecule has 2 aromatic carbocycles. The maximum Gasteiger partial charge on any atom is 0.337 e. The molecule has 0 radical (unpaired) electrons. The van der Waals surface area contributed by atoms with Crippen molar-refractivity contribution in [3.63, 3.8) is 0 Å². The predicted octanol–water partition coefficient (Wildman–Crippen LogP) is 2.80. The van der Waals surface area contributed by atoms with Crippen LogP contribution in [0.3, 0.4) is 0 Å². The fourth-order valence-electron chi connectivity index (χ4n) is 2.00. The van der Waals surface area contributed by atoms with Crippen LogP contribution in [0.5, 0.6) is 0 Å². The molecule has 0 atom stereocenters. The molecule has 7 nitrogen and oxygen atoms in total. The number of nitrogens with zero attached hydrogens (tertiary/aromatic N) is 2. The van der Waals surface area contributed by atoms with Gasteiger partial charge in [-0.25, -0.2) is 4.79 Å². The zero-order valence-corrected chi connectivity index (χ0v) is 13.8. The predicted molar refractivity (Wildman–Crippen MR) is 94.9 cm³/mol. The molecule has 0 saturated heterocycles. The standard InChI is InChI=1S/C19H14N4O3/c1-26-19(25)13-6-8-16(9-7-13)22-12-15(11-21)18(24)23-17-5-3-2-4-14(17)10-20/h2-9,12,22H,1H3,(H,23,24)/b15-12-. The van der Waals surface area contributed by atoms with E-state index in [9.17, 15) is 14.9 Å². The highest BCUT2D eigenvalue weighted by Crippen LogP contribution is 2.15. The molecule has 1 amide bonds. The third-order valence-corrected chi connectivity index (χ3v) is 3.35. The first-order valence-electron chi connectivity index (χ1n) is 7.44. The number of hydrogen-bond acceptors (Lipinski definition) is 6. The third-order valence-electron chi connectivity index (χ3n) is 3.35. The van der Waals surface area contributed by atoms with E-state index < -0.39 is 11.9 Å². The Balaban J connectivity index is 2.10. The van der Waals surface area contributed by atoms with Gasteiger partial charge >= 0.3 is 5.97 Å². The summed E-state index contributed by atoms with van der Waals surface area (Å²) >= 11 is 0. The van der Waals surface area contributed by atoms with Crippen molar-refractivity contribution in [2.45, 2.75) is 0 Å². The molecule has 0 saturated carbocycles. The first-order valence-corrected chi connectivity index (χ1v) is 7.44. The van der Waals surface area contributed by atoms with Crippen molar-refractivity contribution >= 4 is 23.3 Å². The van der Waals surface area contributed by atoms with E-state index in [0.29, 0.717) is 22.5 Å². The summed E-state index contributed by atoms with van der Waals surface area (Å²) in [6.07, 6.45) is 1.25. The Morgan fingerprint density at radius 1 is 1.08 bits per heavy atom. The largest absolute Gasteiger partial charge is 0.465 e. The zero-order valence-electron chi connectivity index (χ0n) is 13.8. The molecule has 0 aliphatic carbocycles. The Kier molecular flexibility index (Phi) is 6.08. The number of esters is 1. The first-order chi connectivity index (χ1) is 12.6. The molecule has 0 aliphatic heterocycles. The highest BCUT2D eigenvalue weighted by atomic mass is 16.5. The zero-order chi connectivity index (χ0) is 18.9. The quantitative estimate of drug-likeness (QED) is 0.489. The highest BCUT2D eigenvalue weighted by Gasteiger charge is 2.11. The summed E-state index contributed by atoms with van der Waals surface area (Å²) in [5.74, 6) is -1.10. The maximum atomic E-state index is 12.2. The molecule has 0 bridgehead atoms. The van der Waals surface area contributed by atoms with E-state index in [-0.39, 0.29) is 5.57 Å². The van der Waals surface area contributed by atoms with Crippen LogP contribution in [0.25, 0.3) is 0 Å². The smallest absolute Gasteiger partial charge is 0.337 e. The number of ether oxygens (including phenoxy) is 1. The molecule has 26 heavy (non-hydrogen) atoms. The van der Waals surface area contributed by atoms with Gasteiger partial charge in [0.2, 0.25) is 0 Å². The second kappa shape index (κ2) is 8.67. The number of amides is 1. The molecule has 128 valence electrons. The minimum absolute atomic E-state index is 0.171. The molecule has 0 aromatic heterocycles. The molecular formula is C19H14N4O3. The lowest BCUT2D eigenvalue weighted by Crippen LogP contribution is -2.15. The van der Waals surface area contributed by atoms with Crippen LogP contribution in [0.15, 0.2) is 60.3 Å². The van der Waals surface area contributed by atoms with Gasteiger partial charge in [-0.1, -0.05) is 12.1 Å². The van der Waals surface area contributed by atoms with Crippen molar-refractivity contribution in [1.29, 1.82) is 10.5 Å². The van der Waals surface area contributed by atoms with Gasteiger partial charge in [0.15, 0.2) is 0 Å². The topological polar surface area (TPSA) is 115 Å². The van der Waals surface area contributed by atoms with Gasteiger partial charge in [0.25, 0.3) is 5.91 Å². The van der Waals surface area contributed by atoms with Crippen LogP contribution in [0, 0.1) is 22.7 Å². The van der Waals surface area contributed by atoms with Gasteiger partial charge in [-0.15, -0.1) is 0 Å². The SMILES string of the molecule is COC(=O)c1ccc(N/C=C(/C#N)C(=O)Nc2ccccc2C#N)cc1. The van der Waals surface area contributed by atoms with Crippen LogP contribution >= 0.6 is 0 Å². The van der Waals surface area contributed by atoms with E-state index in [1.54, 1.807) is 54.6 Å². The summed E-state index contributed by atoms with van der Waals surface area (Å²) in [7, 11) is 1.29. The molecule has 0 spiro atoms. The molecule has 2 aromatic rings. The molecule has 7 heteroatoms. The number of anilines is 2. The molecule has 0 fully saturated rings. The molecule has 0 unspecified atom stereocenters. The van der Waals surface area contributed by atoms with Gasteiger partial charge < -0.3 is 15.4 Å². The number of carbonyl (C=O) groups excluding carboxylic acids is 2. The van der Waals surface area contributed by atoms with Crippen molar-refractivity contribution in [3.8, 4) is 12.1 Å². The summed E-state index contributed by atoms with van der Waals surface area (Å²) in [4.78, 5) is 23.6. The Hall–Kier alpha value is -4.10. The third kappa shape index (κ3) is 4.47. The lowest BCUT2D eigenvalue weighted by molar-refractivity contribution is -0.112. The molecule has 0 heterocycles. The van der Waals surface area contributed by atoms with Gasteiger partial charge in [0, 0.05) is 11.9 Å². The number of rotatable bonds is 5. The molecule has 0 aliphatic rings. The lowest BCUT2D eigenvalue weighted by Gasteiger charge is -2.07. The number of para-hydroxylation sites is 1. The summed E-state index contributed by atoms with van der Waals surface area (Å²) < 4.78 is 4.61. The van der Waals surface area contributed by atoms with Crippen LogP contribution in [-0.4, -0.2) is 19.0 Å². The normalized spacial score (nSPS) is 10.2. The minimum Gasteiger partial charge on any atom is -0.465 e. The van der Waals surface area contributed by atoms with Crippen molar-refractivity contribution in [2.24, 2.45) is 0 Å². The molecular weight excluding hydrogens is 332 g/mol. The van der Waals surface area contributed by atoms with Crippen LogP contribution in [-0.2, 0) is 9.53 Å². The number of nitrogens with one attached hydrogen (secondary N) is 2. The Morgan fingerprint density at radius 2 is 1.77 bits per heavy atom. The number of hydrogen-bond donors (Lipinski definition) is 2. The van der Waals surface area contributed by atoms with Crippen molar-refractivity contribution < 1.29 is 14.3 Å². The fraction of sp³-hybridized carbons (Fsp3) is 0.0526. The van der Waals surface area contributed by atoms with E-state index >= 15 is 0 Å². The second-order valence-corrected chi connectivity index (χ2v) is 4.99. The van der Waals surface area contributed by atoms with Gasteiger partial charge in [-0.05, 0) is 36.4 Å². The number of methoxy groups -OCH3 is 1. The maximum absolute atomic E-state index is 12.2. The number of benzene rings is 2. The lowest BCUT2D eigenvalue weighted by atomic mass is 10.2. The number of nitriles is 2. The fourth-order valence-corrected chi connectivity index (χ4v) is 2.00. The summed E-state index contributed by atoms with van der Waals surface area (Å²) in [6.45, 7) is 0. The summed E-state index contributed by atoms with van der Waals surface area (Å²) in [5.41, 5.74) is 1.41. The van der Waals surface area contributed by atoms with E-state index in [0.717, 1.165) is 0 Å². The highest BCUT2D eigenvalue weighted by molar-refractivity contribution is 6.07. The van der Waals surface area contributed by atoms with E-state index in [4.69, 9.17) is 5.26 Å². The Bertz CT molecular complexity index is 934. The van der Waals surface area contributed by atoms with Crippen LogP contribution in [0.4, 0.5) is 11.4 Å². The second-order valence-electron chi connectivity index (χ2n) is 4.99. The average Bonchev–Trinajstić information content (AvgIpc) is 2.68. The van der Waals surface area contributed by atoms with E-state index in [1.807, 2.05) is 6.07 Å². The van der Waals surface area contributed by atoms with Crippen molar-refractivity contribution in [2.75, 3.05) is 17.7 Å². The van der Waals surface area contributed by atoms with Crippen molar-refractivity contribution in [1.82, 2.24) is 0 Å².